The number of imidazole rings is 1. The zero-order chi connectivity index (χ0) is 11.7. The quantitative estimate of drug-likeness (QED) is 0.794. The molecule has 16 heavy (non-hydrogen) atoms. The summed E-state index contributed by atoms with van der Waals surface area (Å²) in [6.07, 6.45) is 3.11. The van der Waals surface area contributed by atoms with E-state index in [1.54, 1.807) is 18.3 Å². The minimum atomic E-state index is 0.216. The predicted molar refractivity (Wildman–Crippen MR) is 62.7 cm³/mol. The smallest absolute Gasteiger partial charge is 0.217 e. The fourth-order valence-corrected chi connectivity index (χ4v) is 2.07. The molecular weight excluding hydrogens is 247 g/mol. The third-order valence-corrected chi connectivity index (χ3v) is 2.60. The SMILES string of the molecule is N#Cc1nccn1-c1c(Cl)cc(N)cc1Cl. The van der Waals surface area contributed by atoms with Crippen molar-refractivity contribution in [2.75, 3.05) is 5.73 Å². The number of halogens is 2. The molecule has 6 heteroatoms. The van der Waals surface area contributed by atoms with Crippen LogP contribution in [-0.2, 0) is 0 Å². The summed E-state index contributed by atoms with van der Waals surface area (Å²) in [4.78, 5) is 3.87. The first-order chi connectivity index (χ1) is 7.63. The van der Waals surface area contributed by atoms with Gasteiger partial charge in [0.05, 0.1) is 15.7 Å². The number of anilines is 1. The van der Waals surface area contributed by atoms with Crippen LogP contribution in [0.4, 0.5) is 5.69 Å². The number of rotatable bonds is 1. The molecule has 0 atom stereocenters. The van der Waals surface area contributed by atoms with Gasteiger partial charge in [-0.05, 0) is 12.1 Å². The molecule has 1 aromatic heterocycles. The molecule has 0 aliphatic rings. The van der Waals surface area contributed by atoms with Crippen molar-refractivity contribution in [1.82, 2.24) is 9.55 Å². The van der Waals surface area contributed by atoms with Crippen molar-refractivity contribution in [3.63, 3.8) is 0 Å². The van der Waals surface area contributed by atoms with Gasteiger partial charge in [-0.15, -0.1) is 0 Å². The Hall–Kier alpha value is -1.70. The van der Waals surface area contributed by atoms with E-state index in [0.717, 1.165) is 0 Å². The van der Waals surface area contributed by atoms with Gasteiger partial charge >= 0.3 is 0 Å². The highest BCUT2D eigenvalue weighted by atomic mass is 35.5. The highest BCUT2D eigenvalue weighted by Gasteiger charge is 2.12. The summed E-state index contributed by atoms with van der Waals surface area (Å²) in [7, 11) is 0. The highest BCUT2D eigenvalue weighted by molar-refractivity contribution is 6.38. The van der Waals surface area contributed by atoms with Gasteiger partial charge in [0.1, 0.15) is 6.07 Å². The molecule has 0 aliphatic heterocycles. The summed E-state index contributed by atoms with van der Waals surface area (Å²) in [5.41, 5.74) is 6.57. The van der Waals surface area contributed by atoms with Gasteiger partial charge in [-0.25, -0.2) is 4.98 Å². The van der Waals surface area contributed by atoms with Crippen LogP contribution in [0.25, 0.3) is 5.69 Å². The minimum Gasteiger partial charge on any atom is -0.399 e. The highest BCUT2D eigenvalue weighted by Crippen LogP contribution is 2.31. The van der Waals surface area contributed by atoms with Crippen LogP contribution in [0.1, 0.15) is 5.82 Å². The van der Waals surface area contributed by atoms with Crippen molar-refractivity contribution in [2.24, 2.45) is 0 Å². The van der Waals surface area contributed by atoms with Gasteiger partial charge in [0.25, 0.3) is 0 Å². The Balaban J connectivity index is 2.70. The van der Waals surface area contributed by atoms with Gasteiger partial charge in [-0.3, -0.25) is 4.57 Å². The van der Waals surface area contributed by atoms with Gasteiger partial charge in [0, 0.05) is 18.1 Å². The maximum atomic E-state index is 8.86. The van der Waals surface area contributed by atoms with E-state index in [2.05, 4.69) is 4.98 Å². The lowest BCUT2D eigenvalue weighted by Gasteiger charge is -2.09. The van der Waals surface area contributed by atoms with Crippen LogP contribution >= 0.6 is 23.2 Å². The second kappa shape index (κ2) is 4.05. The molecule has 0 amide bonds. The molecule has 2 rings (SSSR count). The van der Waals surface area contributed by atoms with E-state index in [0.29, 0.717) is 21.4 Å². The molecule has 0 saturated carbocycles. The Kier molecular flexibility index (Phi) is 2.73. The first kappa shape index (κ1) is 10.8. The first-order valence-corrected chi connectivity index (χ1v) is 5.07. The van der Waals surface area contributed by atoms with Crippen molar-refractivity contribution in [1.29, 1.82) is 5.26 Å². The summed E-state index contributed by atoms with van der Waals surface area (Å²) in [5, 5.41) is 9.61. The van der Waals surface area contributed by atoms with Crippen molar-refractivity contribution >= 4 is 28.9 Å². The fraction of sp³-hybridized carbons (Fsp3) is 0. The Labute approximate surface area is 102 Å². The second-order valence-corrected chi connectivity index (χ2v) is 3.88. The Bertz CT molecular complexity index is 560. The summed E-state index contributed by atoms with van der Waals surface area (Å²) in [5.74, 6) is 0.216. The maximum Gasteiger partial charge on any atom is 0.217 e. The zero-order valence-corrected chi connectivity index (χ0v) is 9.50. The normalized spacial score (nSPS) is 10.1. The molecule has 4 nitrogen and oxygen atoms in total. The molecule has 0 unspecified atom stereocenters. The lowest BCUT2D eigenvalue weighted by atomic mass is 10.2. The average Bonchev–Trinajstić information content (AvgIpc) is 2.64. The molecule has 2 N–H and O–H groups in total. The second-order valence-electron chi connectivity index (χ2n) is 3.07. The van der Waals surface area contributed by atoms with Crippen LogP contribution in [-0.4, -0.2) is 9.55 Å². The summed E-state index contributed by atoms with van der Waals surface area (Å²) < 4.78 is 1.52. The lowest BCUT2D eigenvalue weighted by molar-refractivity contribution is 1.02. The Morgan fingerprint density at radius 2 is 1.94 bits per heavy atom. The summed E-state index contributed by atoms with van der Waals surface area (Å²) in [6.45, 7) is 0. The molecule has 1 aromatic carbocycles. The number of benzene rings is 1. The summed E-state index contributed by atoms with van der Waals surface area (Å²) in [6, 6.07) is 5.09. The third-order valence-electron chi connectivity index (χ3n) is 2.02. The van der Waals surface area contributed by atoms with E-state index in [9.17, 15) is 0 Å². The number of nitrogens with two attached hydrogens (primary N) is 1. The molecule has 0 radical (unpaired) electrons. The van der Waals surface area contributed by atoms with Crippen molar-refractivity contribution in [3.8, 4) is 11.8 Å². The van der Waals surface area contributed by atoms with Crippen molar-refractivity contribution < 1.29 is 0 Å². The van der Waals surface area contributed by atoms with E-state index in [-0.39, 0.29) is 5.82 Å². The largest absolute Gasteiger partial charge is 0.399 e. The summed E-state index contributed by atoms with van der Waals surface area (Å²) >= 11 is 12.1. The standard InChI is InChI=1S/C10H6Cl2N4/c11-7-3-6(14)4-8(12)10(7)16-2-1-15-9(16)5-13/h1-4H,14H2. The number of hydrogen-bond acceptors (Lipinski definition) is 3. The zero-order valence-electron chi connectivity index (χ0n) is 7.98. The average molecular weight is 253 g/mol. The van der Waals surface area contributed by atoms with Gasteiger partial charge in [-0.1, -0.05) is 23.2 Å². The molecule has 2 aromatic rings. The third kappa shape index (κ3) is 1.71. The number of nitrogens with zero attached hydrogens (tertiary/aromatic N) is 3. The number of aromatic nitrogens is 2. The van der Waals surface area contributed by atoms with E-state index >= 15 is 0 Å². The van der Waals surface area contributed by atoms with E-state index in [1.807, 2.05) is 6.07 Å². The van der Waals surface area contributed by atoms with E-state index in [4.69, 9.17) is 34.2 Å². The van der Waals surface area contributed by atoms with E-state index in [1.165, 1.54) is 10.8 Å². The van der Waals surface area contributed by atoms with Gasteiger partial charge in [0.15, 0.2) is 0 Å². The lowest BCUT2D eigenvalue weighted by Crippen LogP contribution is -1.99. The molecule has 1 heterocycles. The van der Waals surface area contributed by atoms with Crippen LogP contribution in [0.3, 0.4) is 0 Å². The molecular formula is C10H6Cl2N4. The van der Waals surface area contributed by atoms with Crippen LogP contribution in [0.15, 0.2) is 24.5 Å². The number of nitrogen functional groups attached to an aromatic ring is 1. The van der Waals surface area contributed by atoms with Gasteiger partial charge in [0.2, 0.25) is 5.82 Å². The Morgan fingerprint density at radius 3 is 2.50 bits per heavy atom. The van der Waals surface area contributed by atoms with Crippen LogP contribution in [0, 0.1) is 11.3 Å². The Morgan fingerprint density at radius 1 is 1.31 bits per heavy atom. The van der Waals surface area contributed by atoms with E-state index < -0.39 is 0 Å². The van der Waals surface area contributed by atoms with Crippen molar-refractivity contribution in [2.45, 2.75) is 0 Å². The molecule has 0 aliphatic carbocycles. The predicted octanol–water partition coefficient (Wildman–Crippen LogP) is 2.63. The molecule has 0 bridgehead atoms. The number of hydrogen-bond donors (Lipinski definition) is 1. The molecule has 80 valence electrons. The maximum absolute atomic E-state index is 8.86. The minimum absolute atomic E-state index is 0.216. The van der Waals surface area contributed by atoms with Gasteiger partial charge in [-0.2, -0.15) is 5.26 Å². The molecule has 0 spiro atoms. The molecule has 0 saturated heterocycles. The topological polar surface area (TPSA) is 67.6 Å². The van der Waals surface area contributed by atoms with Gasteiger partial charge < -0.3 is 5.73 Å². The monoisotopic (exact) mass is 252 g/mol. The fourth-order valence-electron chi connectivity index (χ4n) is 1.38. The van der Waals surface area contributed by atoms with Crippen LogP contribution < -0.4 is 5.73 Å². The van der Waals surface area contributed by atoms with Crippen LogP contribution in [0.5, 0.6) is 0 Å². The molecule has 0 fully saturated rings. The van der Waals surface area contributed by atoms with Crippen LogP contribution in [0.2, 0.25) is 10.0 Å². The first-order valence-electron chi connectivity index (χ1n) is 4.32. The van der Waals surface area contributed by atoms with Crippen molar-refractivity contribution in [3.05, 3.63) is 40.4 Å². The number of nitriles is 1.